The molecule has 4 nitrogen and oxygen atoms in total. The summed E-state index contributed by atoms with van der Waals surface area (Å²) in [6.07, 6.45) is 0.775. The molecule has 1 heterocycles. The van der Waals surface area contributed by atoms with Crippen LogP contribution in [0.15, 0.2) is 18.2 Å². The summed E-state index contributed by atoms with van der Waals surface area (Å²) in [6, 6.07) is 5.75. The minimum Gasteiger partial charge on any atom is -0.497 e. The Hall–Kier alpha value is -1.42. The summed E-state index contributed by atoms with van der Waals surface area (Å²) < 4.78 is 5.21. The van der Waals surface area contributed by atoms with Gasteiger partial charge in [-0.05, 0) is 19.4 Å². The van der Waals surface area contributed by atoms with Crippen molar-refractivity contribution in [2.24, 2.45) is 5.92 Å². The zero-order valence-corrected chi connectivity index (χ0v) is 10.4. The van der Waals surface area contributed by atoms with Crippen LogP contribution in [0.4, 0.5) is 11.4 Å². The van der Waals surface area contributed by atoms with Gasteiger partial charge in [-0.25, -0.2) is 0 Å². The molecule has 0 radical (unpaired) electrons. The van der Waals surface area contributed by atoms with Gasteiger partial charge in [0.05, 0.1) is 13.2 Å². The molecule has 0 spiro atoms. The summed E-state index contributed by atoms with van der Waals surface area (Å²) in [6.45, 7) is 3.69. The van der Waals surface area contributed by atoms with E-state index in [9.17, 15) is 5.11 Å². The highest BCUT2D eigenvalue weighted by molar-refractivity contribution is 5.61. The van der Waals surface area contributed by atoms with Crippen LogP contribution < -0.4 is 15.4 Å². The summed E-state index contributed by atoms with van der Waals surface area (Å²) in [5, 5.41) is 9.60. The van der Waals surface area contributed by atoms with Crippen LogP contribution in [-0.4, -0.2) is 31.4 Å². The van der Waals surface area contributed by atoms with Gasteiger partial charge in [0.2, 0.25) is 0 Å². The summed E-state index contributed by atoms with van der Waals surface area (Å²) in [5.41, 5.74) is 7.62. The van der Waals surface area contributed by atoms with Crippen molar-refractivity contribution >= 4 is 11.4 Å². The van der Waals surface area contributed by atoms with Gasteiger partial charge in [-0.3, -0.25) is 0 Å². The van der Waals surface area contributed by atoms with Crippen molar-refractivity contribution in [2.45, 2.75) is 19.4 Å². The minimum atomic E-state index is -0.247. The lowest BCUT2D eigenvalue weighted by Gasteiger charge is -2.20. The number of methoxy groups -OCH3 is 1. The van der Waals surface area contributed by atoms with Crippen molar-refractivity contribution in [1.29, 1.82) is 0 Å². The summed E-state index contributed by atoms with van der Waals surface area (Å²) in [7, 11) is 1.64. The molecule has 1 aliphatic rings. The monoisotopic (exact) mass is 236 g/mol. The molecule has 1 aromatic rings. The normalized spacial score (nSPS) is 21.6. The minimum absolute atomic E-state index is 0.247. The van der Waals surface area contributed by atoms with Crippen molar-refractivity contribution in [2.75, 3.05) is 30.8 Å². The third-order valence-electron chi connectivity index (χ3n) is 3.42. The molecule has 0 saturated carbocycles. The van der Waals surface area contributed by atoms with Crippen LogP contribution in [0.5, 0.6) is 5.75 Å². The molecule has 2 rings (SSSR count). The van der Waals surface area contributed by atoms with E-state index < -0.39 is 0 Å². The van der Waals surface area contributed by atoms with Gasteiger partial charge in [-0.15, -0.1) is 0 Å². The second-order valence-electron chi connectivity index (χ2n) is 4.70. The molecule has 2 atom stereocenters. The average Bonchev–Trinajstić information content (AvgIpc) is 2.77. The van der Waals surface area contributed by atoms with E-state index in [0.29, 0.717) is 11.6 Å². The molecule has 94 valence electrons. The molecule has 1 aromatic carbocycles. The molecule has 0 amide bonds. The van der Waals surface area contributed by atoms with Crippen LogP contribution in [0.25, 0.3) is 0 Å². The Morgan fingerprint density at radius 3 is 2.82 bits per heavy atom. The first-order valence-corrected chi connectivity index (χ1v) is 5.97. The number of nitrogens with zero attached hydrogens (tertiary/aromatic N) is 1. The van der Waals surface area contributed by atoms with Crippen molar-refractivity contribution in [3.05, 3.63) is 18.2 Å². The molecule has 17 heavy (non-hydrogen) atoms. The van der Waals surface area contributed by atoms with E-state index >= 15 is 0 Å². The first-order valence-electron chi connectivity index (χ1n) is 5.97. The number of aliphatic hydroxyl groups excluding tert-OH is 1. The maximum atomic E-state index is 9.60. The molecule has 0 aromatic heterocycles. The van der Waals surface area contributed by atoms with Crippen molar-refractivity contribution in [3.8, 4) is 5.75 Å². The lowest BCUT2D eigenvalue weighted by atomic mass is 10.0. The van der Waals surface area contributed by atoms with Crippen LogP contribution in [0, 0.1) is 5.92 Å². The van der Waals surface area contributed by atoms with Crippen molar-refractivity contribution < 1.29 is 9.84 Å². The van der Waals surface area contributed by atoms with Crippen molar-refractivity contribution in [3.63, 3.8) is 0 Å². The summed E-state index contributed by atoms with van der Waals surface area (Å²) in [4.78, 5) is 2.25. The second-order valence-corrected chi connectivity index (χ2v) is 4.70. The molecule has 1 saturated heterocycles. The highest BCUT2D eigenvalue weighted by Gasteiger charge is 2.26. The fourth-order valence-electron chi connectivity index (χ4n) is 2.32. The number of hydrogen-bond donors (Lipinski definition) is 2. The van der Waals surface area contributed by atoms with Gasteiger partial charge >= 0.3 is 0 Å². The number of nitrogens with two attached hydrogens (primary N) is 1. The highest BCUT2D eigenvalue weighted by Crippen LogP contribution is 2.30. The molecule has 1 aliphatic heterocycles. The van der Waals surface area contributed by atoms with Gasteiger partial charge in [-0.1, -0.05) is 0 Å². The third kappa shape index (κ3) is 2.64. The Morgan fingerprint density at radius 2 is 2.24 bits per heavy atom. The number of hydrogen-bond acceptors (Lipinski definition) is 4. The van der Waals surface area contributed by atoms with Crippen molar-refractivity contribution in [1.82, 2.24) is 0 Å². The molecular formula is C13H20N2O2. The Morgan fingerprint density at radius 1 is 1.47 bits per heavy atom. The molecular weight excluding hydrogens is 216 g/mol. The fourth-order valence-corrected chi connectivity index (χ4v) is 2.32. The molecule has 0 aliphatic carbocycles. The third-order valence-corrected chi connectivity index (χ3v) is 3.42. The fraction of sp³-hybridized carbons (Fsp3) is 0.538. The van der Waals surface area contributed by atoms with Crippen LogP contribution in [0.1, 0.15) is 13.3 Å². The first kappa shape index (κ1) is 12.0. The predicted molar refractivity (Wildman–Crippen MR) is 69.4 cm³/mol. The summed E-state index contributed by atoms with van der Waals surface area (Å²) in [5.74, 6) is 1.13. The lowest BCUT2D eigenvalue weighted by Crippen LogP contribution is -2.23. The van der Waals surface area contributed by atoms with E-state index in [1.807, 2.05) is 25.1 Å². The number of rotatable bonds is 3. The van der Waals surface area contributed by atoms with Crippen LogP contribution in [0.2, 0.25) is 0 Å². The Kier molecular flexibility index (Phi) is 3.43. The number of aliphatic hydroxyl groups is 1. The first-order chi connectivity index (χ1) is 8.10. The maximum absolute atomic E-state index is 9.60. The van der Waals surface area contributed by atoms with E-state index in [1.54, 1.807) is 7.11 Å². The van der Waals surface area contributed by atoms with E-state index in [2.05, 4.69) is 4.90 Å². The van der Waals surface area contributed by atoms with E-state index in [0.717, 1.165) is 30.9 Å². The Balaban J connectivity index is 2.15. The average molecular weight is 236 g/mol. The SMILES string of the molecule is COc1cc(N)cc(N2CCC(C(C)O)C2)c1. The highest BCUT2D eigenvalue weighted by atomic mass is 16.5. The number of nitrogen functional groups attached to an aromatic ring is 1. The van der Waals surface area contributed by atoms with E-state index in [4.69, 9.17) is 10.5 Å². The standard InChI is InChI=1S/C13H20N2O2/c1-9(16)10-3-4-15(8-10)12-5-11(14)6-13(7-12)17-2/h5-7,9-10,16H,3-4,8,14H2,1-2H3. The number of benzene rings is 1. The smallest absolute Gasteiger partial charge is 0.122 e. The topological polar surface area (TPSA) is 58.7 Å². The largest absolute Gasteiger partial charge is 0.497 e. The summed E-state index contributed by atoms with van der Waals surface area (Å²) >= 11 is 0. The molecule has 2 unspecified atom stereocenters. The molecule has 0 bridgehead atoms. The zero-order valence-electron chi connectivity index (χ0n) is 10.4. The van der Waals surface area contributed by atoms with Crippen LogP contribution in [0.3, 0.4) is 0 Å². The van der Waals surface area contributed by atoms with Gasteiger partial charge in [0.15, 0.2) is 0 Å². The Bertz CT molecular complexity index is 393. The van der Waals surface area contributed by atoms with Gasteiger partial charge < -0.3 is 20.5 Å². The van der Waals surface area contributed by atoms with E-state index in [-0.39, 0.29) is 6.10 Å². The van der Waals surface area contributed by atoms with Gasteiger partial charge in [0.25, 0.3) is 0 Å². The van der Waals surface area contributed by atoms with E-state index in [1.165, 1.54) is 0 Å². The quantitative estimate of drug-likeness (QED) is 0.781. The lowest BCUT2D eigenvalue weighted by molar-refractivity contribution is 0.136. The zero-order chi connectivity index (χ0) is 12.4. The van der Waals surface area contributed by atoms with Gasteiger partial charge in [-0.2, -0.15) is 0 Å². The second kappa shape index (κ2) is 4.84. The van der Waals surface area contributed by atoms with Gasteiger partial charge in [0, 0.05) is 42.5 Å². The van der Waals surface area contributed by atoms with Gasteiger partial charge in [0.1, 0.15) is 5.75 Å². The molecule has 1 fully saturated rings. The van der Waals surface area contributed by atoms with Crippen LogP contribution in [-0.2, 0) is 0 Å². The number of anilines is 2. The van der Waals surface area contributed by atoms with Crippen LogP contribution >= 0.6 is 0 Å². The Labute approximate surface area is 102 Å². The predicted octanol–water partition coefficient (Wildman–Crippen LogP) is 1.48. The number of ether oxygens (including phenoxy) is 1. The molecule has 3 N–H and O–H groups in total. The molecule has 4 heteroatoms. The maximum Gasteiger partial charge on any atom is 0.122 e.